The highest BCUT2D eigenvalue weighted by Crippen LogP contribution is 2.34. The van der Waals surface area contributed by atoms with Crippen LogP contribution in [0.25, 0.3) is 5.57 Å². The molecule has 0 atom stereocenters. The lowest BCUT2D eigenvalue weighted by Gasteiger charge is -2.14. The van der Waals surface area contributed by atoms with Crippen molar-refractivity contribution in [3.8, 4) is 5.75 Å². The van der Waals surface area contributed by atoms with Gasteiger partial charge in [0.1, 0.15) is 0 Å². The van der Waals surface area contributed by atoms with Gasteiger partial charge in [0.25, 0.3) is 0 Å². The highest BCUT2D eigenvalue weighted by Gasteiger charge is 2.19. The summed E-state index contributed by atoms with van der Waals surface area (Å²) in [5.41, 5.74) is 3.12. The molecule has 0 heterocycles. The first-order valence-electron chi connectivity index (χ1n) is 6.51. The number of aryl methyl sites for hydroxylation is 1. The third kappa shape index (κ3) is 3.56. The molecule has 0 N–H and O–H groups in total. The lowest BCUT2D eigenvalue weighted by atomic mass is 9.97. The van der Waals surface area contributed by atoms with E-state index in [9.17, 15) is 10.1 Å². The molecular formula is C15H21NO3. The fourth-order valence-electron chi connectivity index (χ4n) is 2.06. The Bertz CT molecular complexity index is 504. The Kier molecular flexibility index (Phi) is 5.10. The van der Waals surface area contributed by atoms with Crippen LogP contribution in [0, 0.1) is 17.0 Å². The van der Waals surface area contributed by atoms with Gasteiger partial charge < -0.3 is 4.74 Å². The van der Waals surface area contributed by atoms with Crippen LogP contribution in [0.15, 0.2) is 18.2 Å². The molecule has 0 saturated heterocycles. The number of ether oxygens (including phenoxy) is 1. The molecule has 0 amide bonds. The van der Waals surface area contributed by atoms with Crippen molar-refractivity contribution in [3.63, 3.8) is 0 Å². The SMILES string of the molecule is C/C=C(\CC)c1cc(OC(C)C)c([N+](=O)[O-])cc1C. The van der Waals surface area contributed by atoms with Crippen LogP contribution in [-0.4, -0.2) is 11.0 Å². The van der Waals surface area contributed by atoms with Gasteiger partial charge in [0.05, 0.1) is 11.0 Å². The van der Waals surface area contributed by atoms with Gasteiger partial charge in [-0.3, -0.25) is 10.1 Å². The minimum Gasteiger partial charge on any atom is -0.484 e. The summed E-state index contributed by atoms with van der Waals surface area (Å²) < 4.78 is 5.57. The van der Waals surface area contributed by atoms with E-state index in [0.29, 0.717) is 5.75 Å². The second kappa shape index (κ2) is 6.36. The normalized spacial score (nSPS) is 11.8. The average Bonchev–Trinajstić information content (AvgIpc) is 2.33. The van der Waals surface area contributed by atoms with Crippen LogP contribution < -0.4 is 4.74 Å². The molecule has 4 heteroatoms. The number of hydrogen-bond donors (Lipinski definition) is 0. The van der Waals surface area contributed by atoms with Gasteiger partial charge in [-0.25, -0.2) is 0 Å². The Balaban J connectivity index is 3.41. The van der Waals surface area contributed by atoms with Gasteiger partial charge in [-0.15, -0.1) is 0 Å². The van der Waals surface area contributed by atoms with Crippen LogP contribution in [-0.2, 0) is 0 Å². The third-order valence-electron chi connectivity index (χ3n) is 2.94. The monoisotopic (exact) mass is 263 g/mol. The fraction of sp³-hybridized carbons (Fsp3) is 0.467. The first-order valence-corrected chi connectivity index (χ1v) is 6.51. The first-order chi connectivity index (χ1) is 8.90. The number of benzene rings is 1. The first kappa shape index (κ1) is 15.2. The van der Waals surface area contributed by atoms with Crippen LogP contribution in [0.5, 0.6) is 5.75 Å². The molecule has 0 aliphatic heterocycles. The number of rotatable bonds is 5. The smallest absolute Gasteiger partial charge is 0.311 e. The summed E-state index contributed by atoms with van der Waals surface area (Å²) >= 11 is 0. The number of nitro groups is 1. The summed E-state index contributed by atoms with van der Waals surface area (Å²) in [5.74, 6) is 0.341. The van der Waals surface area contributed by atoms with E-state index in [1.165, 1.54) is 5.57 Å². The maximum absolute atomic E-state index is 11.1. The van der Waals surface area contributed by atoms with Crippen molar-refractivity contribution in [3.05, 3.63) is 39.4 Å². The minimum absolute atomic E-state index is 0.0292. The van der Waals surface area contributed by atoms with Crippen LogP contribution in [0.4, 0.5) is 5.69 Å². The summed E-state index contributed by atoms with van der Waals surface area (Å²) in [4.78, 5) is 10.7. The van der Waals surface area contributed by atoms with Crippen molar-refractivity contribution in [2.45, 2.75) is 47.1 Å². The van der Waals surface area contributed by atoms with Gasteiger partial charge in [-0.2, -0.15) is 0 Å². The number of nitrogens with zero attached hydrogens (tertiary/aromatic N) is 1. The van der Waals surface area contributed by atoms with E-state index in [4.69, 9.17) is 4.74 Å². The number of nitro benzene ring substituents is 1. The van der Waals surface area contributed by atoms with Crippen molar-refractivity contribution in [1.29, 1.82) is 0 Å². The summed E-state index contributed by atoms with van der Waals surface area (Å²) in [5, 5.41) is 11.1. The van der Waals surface area contributed by atoms with E-state index in [0.717, 1.165) is 17.5 Å². The van der Waals surface area contributed by atoms with Crippen molar-refractivity contribution in [1.82, 2.24) is 0 Å². The second-order valence-electron chi connectivity index (χ2n) is 4.73. The Hall–Kier alpha value is -1.84. The predicted octanol–water partition coefficient (Wildman–Crippen LogP) is 4.50. The van der Waals surface area contributed by atoms with Crippen LogP contribution in [0.1, 0.15) is 45.2 Å². The maximum atomic E-state index is 11.1. The number of allylic oxidation sites excluding steroid dienone is 2. The van der Waals surface area contributed by atoms with Crippen LogP contribution in [0.2, 0.25) is 0 Å². The second-order valence-corrected chi connectivity index (χ2v) is 4.73. The molecule has 104 valence electrons. The van der Waals surface area contributed by atoms with Gasteiger partial charge in [-0.05, 0) is 56.9 Å². The summed E-state index contributed by atoms with van der Waals surface area (Å²) in [6.45, 7) is 9.65. The Morgan fingerprint density at radius 3 is 2.53 bits per heavy atom. The largest absolute Gasteiger partial charge is 0.484 e. The van der Waals surface area contributed by atoms with Gasteiger partial charge >= 0.3 is 5.69 Å². The molecular weight excluding hydrogens is 242 g/mol. The quantitative estimate of drug-likeness (QED) is 0.580. The molecule has 1 rings (SSSR count). The van der Waals surface area contributed by atoms with Crippen molar-refractivity contribution < 1.29 is 9.66 Å². The standard InChI is InChI=1S/C15H21NO3/c1-6-12(7-2)13-9-15(19-10(3)4)14(16(17)18)8-11(13)5/h6,8-10H,7H2,1-5H3/b12-6+. The predicted molar refractivity (Wildman–Crippen MR) is 77.5 cm³/mol. The molecule has 0 radical (unpaired) electrons. The molecule has 0 aromatic heterocycles. The molecule has 0 bridgehead atoms. The minimum atomic E-state index is -0.393. The lowest BCUT2D eigenvalue weighted by Crippen LogP contribution is -2.08. The maximum Gasteiger partial charge on any atom is 0.311 e. The molecule has 0 fully saturated rings. The molecule has 19 heavy (non-hydrogen) atoms. The van der Waals surface area contributed by atoms with E-state index < -0.39 is 4.92 Å². The molecule has 0 unspecified atom stereocenters. The van der Waals surface area contributed by atoms with Crippen molar-refractivity contribution >= 4 is 11.3 Å². The molecule has 0 aliphatic carbocycles. The van der Waals surface area contributed by atoms with E-state index in [1.807, 2.05) is 33.8 Å². The zero-order chi connectivity index (χ0) is 14.6. The summed E-state index contributed by atoms with van der Waals surface area (Å²) in [7, 11) is 0. The van der Waals surface area contributed by atoms with Gasteiger partial charge in [0.2, 0.25) is 0 Å². The fourth-order valence-corrected chi connectivity index (χ4v) is 2.06. The highest BCUT2D eigenvalue weighted by atomic mass is 16.6. The molecule has 0 spiro atoms. The Labute approximate surface area is 114 Å². The van der Waals surface area contributed by atoms with E-state index in [-0.39, 0.29) is 11.8 Å². The molecule has 0 aliphatic rings. The Morgan fingerprint density at radius 2 is 2.11 bits per heavy atom. The Morgan fingerprint density at radius 1 is 1.47 bits per heavy atom. The average molecular weight is 263 g/mol. The summed E-state index contributed by atoms with van der Waals surface area (Å²) in [6, 6.07) is 3.37. The summed E-state index contributed by atoms with van der Waals surface area (Å²) in [6.07, 6.45) is 2.83. The van der Waals surface area contributed by atoms with Crippen molar-refractivity contribution in [2.24, 2.45) is 0 Å². The van der Waals surface area contributed by atoms with E-state index in [2.05, 4.69) is 6.92 Å². The molecule has 1 aromatic rings. The zero-order valence-electron chi connectivity index (χ0n) is 12.2. The van der Waals surface area contributed by atoms with Crippen molar-refractivity contribution in [2.75, 3.05) is 0 Å². The van der Waals surface area contributed by atoms with Gasteiger partial charge in [0, 0.05) is 6.07 Å². The molecule has 0 saturated carbocycles. The number of hydrogen-bond acceptors (Lipinski definition) is 3. The molecule has 4 nitrogen and oxygen atoms in total. The van der Waals surface area contributed by atoms with E-state index >= 15 is 0 Å². The van der Waals surface area contributed by atoms with E-state index in [1.54, 1.807) is 12.1 Å². The van der Waals surface area contributed by atoms with Gasteiger partial charge in [0.15, 0.2) is 5.75 Å². The highest BCUT2D eigenvalue weighted by molar-refractivity contribution is 5.71. The van der Waals surface area contributed by atoms with Crippen LogP contribution in [0.3, 0.4) is 0 Å². The van der Waals surface area contributed by atoms with Gasteiger partial charge in [-0.1, -0.05) is 13.0 Å². The van der Waals surface area contributed by atoms with Crippen LogP contribution >= 0.6 is 0 Å². The zero-order valence-corrected chi connectivity index (χ0v) is 12.2. The third-order valence-corrected chi connectivity index (χ3v) is 2.94. The topological polar surface area (TPSA) is 52.4 Å². The molecule has 1 aromatic carbocycles. The lowest BCUT2D eigenvalue weighted by molar-refractivity contribution is -0.386.